The molecule has 0 heterocycles. The van der Waals surface area contributed by atoms with Gasteiger partial charge in [0.05, 0.1) is 0 Å². The van der Waals surface area contributed by atoms with E-state index in [1.165, 1.54) is 0 Å². The first-order chi connectivity index (χ1) is 8.36. The molecule has 2 aliphatic carbocycles. The van der Waals surface area contributed by atoms with Crippen LogP contribution >= 0.6 is 0 Å². The molecule has 0 aromatic heterocycles. The second-order valence-corrected chi connectivity index (χ2v) is 8.47. The molecule has 0 spiro atoms. The lowest BCUT2D eigenvalue weighted by molar-refractivity contribution is -0.264. The summed E-state index contributed by atoms with van der Waals surface area (Å²) in [6.45, 7) is 12.2. The summed E-state index contributed by atoms with van der Waals surface area (Å²) in [5.41, 5.74) is -1.02. The Morgan fingerprint density at radius 3 is 2.11 bits per heavy atom. The van der Waals surface area contributed by atoms with E-state index in [1.54, 1.807) is 0 Å². The van der Waals surface area contributed by atoms with Crippen LogP contribution in [-0.2, 0) is 0 Å². The van der Waals surface area contributed by atoms with Gasteiger partial charge in [0, 0.05) is 6.42 Å². The van der Waals surface area contributed by atoms with Crippen molar-refractivity contribution in [2.24, 2.45) is 28.1 Å². The Kier molecular flexibility index (Phi) is 3.15. The van der Waals surface area contributed by atoms with E-state index in [1.807, 2.05) is 20.8 Å². The van der Waals surface area contributed by atoms with Gasteiger partial charge < -0.3 is 5.11 Å². The predicted molar refractivity (Wildman–Crippen MR) is 73.1 cm³/mol. The van der Waals surface area contributed by atoms with E-state index >= 15 is 0 Å². The molecule has 4 unspecified atom stereocenters. The van der Waals surface area contributed by atoms with Crippen molar-refractivity contribution in [3.63, 3.8) is 0 Å². The maximum absolute atomic E-state index is 14.3. The van der Waals surface area contributed by atoms with E-state index in [-0.39, 0.29) is 23.7 Å². The van der Waals surface area contributed by atoms with Crippen molar-refractivity contribution in [2.45, 2.75) is 72.8 Å². The topological polar surface area (TPSA) is 20.2 Å². The Balaban J connectivity index is 2.49. The lowest BCUT2D eigenvalue weighted by Crippen LogP contribution is -2.64. The number of rotatable bonds is 0. The summed E-state index contributed by atoms with van der Waals surface area (Å²) in [6, 6.07) is 0. The fourth-order valence-corrected chi connectivity index (χ4v) is 5.09. The lowest BCUT2D eigenvalue weighted by Gasteiger charge is -2.63. The van der Waals surface area contributed by atoms with E-state index in [2.05, 4.69) is 20.8 Å². The van der Waals surface area contributed by atoms with Gasteiger partial charge in [0.2, 0.25) is 0 Å². The highest BCUT2D eigenvalue weighted by Crippen LogP contribution is 2.66. The molecule has 2 aliphatic rings. The van der Waals surface area contributed by atoms with Crippen molar-refractivity contribution in [1.82, 2.24) is 0 Å². The van der Waals surface area contributed by atoms with Gasteiger partial charge in [-0.05, 0) is 40.9 Å². The first kappa shape index (κ1) is 15.2. The molecule has 0 aliphatic heterocycles. The normalized spacial score (nSPS) is 47.5. The monoisotopic (exact) mass is 274 g/mol. The van der Waals surface area contributed by atoms with Gasteiger partial charge in [-0.2, -0.15) is 0 Å². The molecule has 0 radical (unpaired) electrons. The Bertz CT molecular complexity index is 375. The second kappa shape index (κ2) is 3.93. The minimum absolute atomic E-state index is 0.0969. The van der Waals surface area contributed by atoms with Crippen molar-refractivity contribution in [3.05, 3.63) is 0 Å². The molecule has 1 N–H and O–H groups in total. The number of fused-ring (bicyclic) bond motifs is 1. The Hall–Kier alpha value is -0.180. The van der Waals surface area contributed by atoms with Gasteiger partial charge in [0.1, 0.15) is 6.10 Å². The Morgan fingerprint density at radius 2 is 1.58 bits per heavy atom. The quantitative estimate of drug-likeness (QED) is 0.690. The third kappa shape index (κ3) is 1.95. The lowest BCUT2D eigenvalue weighted by atomic mass is 9.43. The van der Waals surface area contributed by atoms with Crippen LogP contribution in [0.5, 0.6) is 0 Å². The van der Waals surface area contributed by atoms with Crippen LogP contribution < -0.4 is 0 Å². The number of hydrogen-bond donors (Lipinski definition) is 1. The number of hydrogen-bond acceptors (Lipinski definition) is 1. The van der Waals surface area contributed by atoms with E-state index in [0.29, 0.717) is 0 Å². The molecule has 112 valence electrons. The van der Waals surface area contributed by atoms with Crippen molar-refractivity contribution >= 4 is 0 Å². The smallest absolute Gasteiger partial charge is 0.274 e. The molecule has 0 saturated heterocycles. The summed E-state index contributed by atoms with van der Waals surface area (Å²) < 4.78 is 28.6. The summed E-state index contributed by atoms with van der Waals surface area (Å²) in [7, 11) is 0. The van der Waals surface area contributed by atoms with E-state index in [9.17, 15) is 13.9 Å². The zero-order chi connectivity index (χ0) is 14.9. The highest BCUT2D eigenvalue weighted by atomic mass is 19.3. The summed E-state index contributed by atoms with van der Waals surface area (Å²) in [5.74, 6) is -2.58. The van der Waals surface area contributed by atoms with Crippen LogP contribution in [-0.4, -0.2) is 17.1 Å². The average molecular weight is 274 g/mol. The van der Waals surface area contributed by atoms with Gasteiger partial charge in [0.15, 0.2) is 0 Å². The second-order valence-electron chi connectivity index (χ2n) is 8.47. The van der Waals surface area contributed by atoms with Crippen molar-refractivity contribution in [2.75, 3.05) is 0 Å². The van der Waals surface area contributed by atoms with Crippen LogP contribution in [0.25, 0.3) is 0 Å². The highest BCUT2D eigenvalue weighted by Gasteiger charge is 2.66. The SMILES string of the molecule is CC1C(C)(C)CCC2C(C)(C)C(O)C(F)(F)CC12C. The van der Waals surface area contributed by atoms with E-state index in [0.717, 1.165) is 12.8 Å². The van der Waals surface area contributed by atoms with Gasteiger partial charge >= 0.3 is 0 Å². The molecular formula is C16H28F2O. The fourth-order valence-electron chi connectivity index (χ4n) is 5.09. The van der Waals surface area contributed by atoms with Gasteiger partial charge in [-0.15, -0.1) is 0 Å². The van der Waals surface area contributed by atoms with Gasteiger partial charge in [-0.1, -0.05) is 41.5 Å². The molecule has 2 saturated carbocycles. The molecule has 0 aromatic carbocycles. The third-order valence-electron chi connectivity index (χ3n) is 6.65. The Morgan fingerprint density at radius 1 is 1.05 bits per heavy atom. The molecular weight excluding hydrogens is 246 g/mol. The molecule has 0 aromatic rings. The zero-order valence-corrected chi connectivity index (χ0v) is 13.1. The highest BCUT2D eigenvalue weighted by molar-refractivity contribution is 5.11. The van der Waals surface area contributed by atoms with Gasteiger partial charge in [0.25, 0.3) is 5.92 Å². The molecule has 2 fully saturated rings. The summed E-state index contributed by atoms with van der Waals surface area (Å²) in [4.78, 5) is 0. The van der Waals surface area contributed by atoms with Crippen LogP contribution in [0.2, 0.25) is 0 Å². The fraction of sp³-hybridized carbons (Fsp3) is 1.00. The number of alkyl halides is 2. The van der Waals surface area contributed by atoms with Crippen molar-refractivity contribution < 1.29 is 13.9 Å². The maximum atomic E-state index is 14.3. The molecule has 19 heavy (non-hydrogen) atoms. The van der Waals surface area contributed by atoms with Gasteiger partial charge in [-0.25, -0.2) is 8.78 Å². The minimum Gasteiger partial charge on any atom is -0.386 e. The predicted octanol–water partition coefficient (Wildman–Crippen LogP) is 4.49. The van der Waals surface area contributed by atoms with Crippen molar-refractivity contribution in [3.8, 4) is 0 Å². The number of halogens is 2. The molecule has 0 amide bonds. The van der Waals surface area contributed by atoms with Crippen LogP contribution in [0.1, 0.15) is 60.8 Å². The Labute approximate surface area is 115 Å². The third-order valence-corrected chi connectivity index (χ3v) is 6.65. The maximum Gasteiger partial charge on any atom is 0.274 e. The molecule has 3 heteroatoms. The van der Waals surface area contributed by atoms with E-state index in [4.69, 9.17) is 0 Å². The minimum atomic E-state index is -2.98. The summed E-state index contributed by atoms with van der Waals surface area (Å²) >= 11 is 0. The first-order valence-electron chi connectivity index (χ1n) is 7.41. The van der Waals surface area contributed by atoms with Crippen LogP contribution in [0, 0.1) is 28.1 Å². The standard InChI is InChI=1S/C16H28F2O/c1-10-13(2,3)8-7-11-14(4,5)12(19)16(17,18)9-15(10,11)6/h10-12,19H,7-9H2,1-6H3. The van der Waals surface area contributed by atoms with E-state index < -0.39 is 22.9 Å². The number of aliphatic hydroxyl groups excluding tert-OH is 1. The zero-order valence-electron chi connectivity index (χ0n) is 13.1. The summed E-state index contributed by atoms with van der Waals surface area (Å²) in [5, 5.41) is 10.1. The first-order valence-corrected chi connectivity index (χ1v) is 7.41. The van der Waals surface area contributed by atoms with Crippen LogP contribution in [0.4, 0.5) is 8.78 Å². The molecule has 0 bridgehead atoms. The molecule has 1 nitrogen and oxygen atoms in total. The van der Waals surface area contributed by atoms with Gasteiger partial charge in [-0.3, -0.25) is 0 Å². The van der Waals surface area contributed by atoms with Crippen molar-refractivity contribution in [1.29, 1.82) is 0 Å². The molecule has 4 atom stereocenters. The molecule has 2 rings (SSSR count). The largest absolute Gasteiger partial charge is 0.386 e. The van der Waals surface area contributed by atoms with Crippen LogP contribution in [0.3, 0.4) is 0 Å². The van der Waals surface area contributed by atoms with Crippen LogP contribution in [0.15, 0.2) is 0 Å². The average Bonchev–Trinajstić information content (AvgIpc) is 2.22. The number of aliphatic hydroxyl groups is 1. The summed E-state index contributed by atoms with van der Waals surface area (Å²) in [6.07, 6.45) is 0.288.